The zero-order valence-electron chi connectivity index (χ0n) is 8.23. The first kappa shape index (κ1) is 9.21. The maximum atomic E-state index is 11.3. The van der Waals surface area contributed by atoms with Gasteiger partial charge in [-0.25, -0.2) is 4.68 Å². The fourth-order valence-corrected chi connectivity index (χ4v) is 1.56. The SMILES string of the molecule is Cn1ncc(N2CCNCC2)cc1=O. The molecule has 5 heteroatoms. The van der Waals surface area contributed by atoms with Crippen molar-refractivity contribution in [3.8, 4) is 0 Å². The van der Waals surface area contributed by atoms with Crippen LogP contribution in [0.4, 0.5) is 5.69 Å². The van der Waals surface area contributed by atoms with Crippen LogP contribution in [0.15, 0.2) is 17.1 Å². The first-order valence-electron chi connectivity index (χ1n) is 4.76. The standard InChI is InChI=1S/C9H14N4O/c1-12-9(14)6-8(7-11-12)13-4-2-10-3-5-13/h6-7,10H,2-5H2,1H3. The Hall–Kier alpha value is -1.36. The van der Waals surface area contributed by atoms with E-state index in [1.807, 2.05) is 0 Å². The Balaban J connectivity index is 2.23. The number of nitrogens with one attached hydrogen (secondary N) is 1. The maximum Gasteiger partial charge on any atom is 0.268 e. The molecule has 0 bridgehead atoms. The van der Waals surface area contributed by atoms with E-state index < -0.39 is 0 Å². The predicted molar refractivity (Wildman–Crippen MR) is 54.6 cm³/mol. The van der Waals surface area contributed by atoms with Crippen LogP contribution in [0.25, 0.3) is 0 Å². The molecular formula is C9H14N4O. The van der Waals surface area contributed by atoms with Gasteiger partial charge in [0.15, 0.2) is 0 Å². The van der Waals surface area contributed by atoms with E-state index in [1.54, 1.807) is 19.3 Å². The second-order valence-corrected chi connectivity index (χ2v) is 3.41. The molecule has 1 N–H and O–H groups in total. The van der Waals surface area contributed by atoms with Crippen molar-refractivity contribution < 1.29 is 0 Å². The molecular weight excluding hydrogens is 180 g/mol. The molecule has 1 aliphatic heterocycles. The van der Waals surface area contributed by atoms with Crippen LogP contribution in [0.3, 0.4) is 0 Å². The minimum atomic E-state index is -0.0546. The minimum absolute atomic E-state index is 0.0546. The minimum Gasteiger partial charge on any atom is -0.368 e. The molecule has 0 amide bonds. The summed E-state index contributed by atoms with van der Waals surface area (Å²) in [7, 11) is 1.66. The highest BCUT2D eigenvalue weighted by Gasteiger charge is 2.10. The third-order valence-electron chi connectivity index (χ3n) is 2.44. The first-order valence-corrected chi connectivity index (χ1v) is 4.76. The highest BCUT2D eigenvalue weighted by Crippen LogP contribution is 2.09. The normalized spacial score (nSPS) is 17.1. The third-order valence-corrected chi connectivity index (χ3v) is 2.44. The number of nitrogens with zero attached hydrogens (tertiary/aromatic N) is 3. The number of hydrogen-bond acceptors (Lipinski definition) is 4. The molecule has 1 aliphatic rings. The third kappa shape index (κ3) is 1.77. The van der Waals surface area contributed by atoms with Gasteiger partial charge in [-0.1, -0.05) is 0 Å². The molecule has 0 unspecified atom stereocenters. The topological polar surface area (TPSA) is 50.2 Å². The first-order chi connectivity index (χ1) is 6.77. The molecule has 0 aromatic carbocycles. The average Bonchev–Trinajstić information content (AvgIpc) is 2.23. The molecule has 0 atom stereocenters. The molecule has 1 aromatic rings. The highest BCUT2D eigenvalue weighted by molar-refractivity contribution is 5.43. The molecule has 1 fully saturated rings. The Labute approximate surface area is 82.3 Å². The van der Waals surface area contributed by atoms with Gasteiger partial charge in [0.25, 0.3) is 5.56 Å². The van der Waals surface area contributed by atoms with E-state index in [4.69, 9.17) is 0 Å². The summed E-state index contributed by atoms with van der Waals surface area (Å²) >= 11 is 0. The van der Waals surface area contributed by atoms with E-state index in [-0.39, 0.29) is 5.56 Å². The molecule has 1 saturated heterocycles. The quantitative estimate of drug-likeness (QED) is 0.635. The monoisotopic (exact) mass is 194 g/mol. The molecule has 76 valence electrons. The lowest BCUT2D eigenvalue weighted by atomic mass is 10.3. The van der Waals surface area contributed by atoms with Crippen LogP contribution in [-0.2, 0) is 7.05 Å². The highest BCUT2D eigenvalue weighted by atomic mass is 16.1. The average molecular weight is 194 g/mol. The summed E-state index contributed by atoms with van der Waals surface area (Å²) in [6.07, 6.45) is 1.74. The van der Waals surface area contributed by atoms with Crippen molar-refractivity contribution in [1.82, 2.24) is 15.1 Å². The van der Waals surface area contributed by atoms with Crippen molar-refractivity contribution >= 4 is 5.69 Å². The van der Waals surface area contributed by atoms with Gasteiger partial charge in [0.1, 0.15) is 0 Å². The van der Waals surface area contributed by atoms with Crippen LogP contribution in [0.2, 0.25) is 0 Å². The summed E-state index contributed by atoms with van der Waals surface area (Å²) in [6, 6.07) is 1.64. The van der Waals surface area contributed by atoms with E-state index in [0.717, 1.165) is 31.9 Å². The van der Waals surface area contributed by atoms with E-state index in [0.29, 0.717) is 0 Å². The second-order valence-electron chi connectivity index (χ2n) is 3.41. The van der Waals surface area contributed by atoms with Crippen LogP contribution < -0.4 is 15.8 Å². The van der Waals surface area contributed by atoms with Crippen molar-refractivity contribution in [2.45, 2.75) is 0 Å². The molecule has 0 radical (unpaired) electrons. The summed E-state index contributed by atoms with van der Waals surface area (Å²) in [5, 5.41) is 7.26. The fraction of sp³-hybridized carbons (Fsp3) is 0.556. The molecule has 2 heterocycles. The van der Waals surface area contributed by atoms with Crippen LogP contribution in [0.1, 0.15) is 0 Å². The lowest BCUT2D eigenvalue weighted by Gasteiger charge is -2.28. The molecule has 14 heavy (non-hydrogen) atoms. The molecule has 5 nitrogen and oxygen atoms in total. The zero-order valence-corrected chi connectivity index (χ0v) is 8.23. The van der Waals surface area contributed by atoms with Gasteiger partial charge in [-0.3, -0.25) is 4.79 Å². The number of aryl methyl sites for hydroxylation is 1. The number of anilines is 1. The predicted octanol–water partition coefficient (Wildman–Crippen LogP) is -0.810. The molecule has 2 rings (SSSR count). The summed E-state index contributed by atoms with van der Waals surface area (Å²) in [6.45, 7) is 3.81. The summed E-state index contributed by atoms with van der Waals surface area (Å²) in [4.78, 5) is 13.5. The lowest BCUT2D eigenvalue weighted by Crippen LogP contribution is -2.44. The van der Waals surface area contributed by atoms with Gasteiger partial charge in [-0.15, -0.1) is 0 Å². The van der Waals surface area contributed by atoms with Gasteiger partial charge < -0.3 is 10.2 Å². The Bertz CT molecular complexity index is 367. The van der Waals surface area contributed by atoms with E-state index in [2.05, 4.69) is 15.3 Å². The Morgan fingerprint density at radius 2 is 2.14 bits per heavy atom. The van der Waals surface area contributed by atoms with Crippen LogP contribution in [0, 0.1) is 0 Å². The van der Waals surface area contributed by atoms with Crippen LogP contribution in [0.5, 0.6) is 0 Å². The fourth-order valence-electron chi connectivity index (χ4n) is 1.56. The lowest BCUT2D eigenvalue weighted by molar-refractivity contribution is 0.585. The molecule has 0 spiro atoms. The van der Waals surface area contributed by atoms with E-state index in [1.165, 1.54) is 4.68 Å². The van der Waals surface area contributed by atoms with Crippen molar-refractivity contribution in [3.63, 3.8) is 0 Å². The molecule has 1 aromatic heterocycles. The van der Waals surface area contributed by atoms with Gasteiger partial charge in [-0.2, -0.15) is 5.10 Å². The largest absolute Gasteiger partial charge is 0.368 e. The second kappa shape index (κ2) is 3.79. The Kier molecular flexibility index (Phi) is 2.49. The number of rotatable bonds is 1. The van der Waals surface area contributed by atoms with Gasteiger partial charge in [0.2, 0.25) is 0 Å². The van der Waals surface area contributed by atoms with Gasteiger partial charge in [0.05, 0.1) is 11.9 Å². The van der Waals surface area contributed by atoms with Crippen molar-refractivity contribution in [3.05, 3.63) is 22.6 Å². The number of hydrogen-bond donors (Lipinski definition) is 1. The maximum absolute atomic E-state index is 11.3. The van der Waals surface area contributed by atoms with E-state index >= 15 is 0 Å². The van der Waals surface area contributed by atoms with Crippen LogP contribution in [-0.4, -0.2) is 36.0 Å². The summed E-state index contributed by atoms with van der Waals surface area (Å²) in [5.41, 5.74) is 0.871. The summed E-state index contributed by atoms with van der Waals surface area (Å²) < 4.78 is 1.34. The number of piperazine rings is 1. The molecule has 0 aliphatic carbocycles. The summed E-state index contributed by atoms with van der Waals surface area (Å²) in [5.74, 6) is 0. The Morgan fingerprint density at radius 1 is 1.43 bits per heavy atom. The van der Waals surface area contributed by atoms with Crippen LogP contribution >= 0.6 is 0 Å². The van der Waals surface area contributed by atoms with Crippen molar-refractivity contribution in [1.29, 1.82) is 0 Å². The van der Waals surface area contributed by atoms with E-state index in [9.17, 15) is 4.79 Å². The zero-order chi connectivity index (χ0) is 9.97. The Morgan fingerprint density at radius 3 is 2.79 bits per heavy atom. The number of aromatic nitrogens is 2. The van der Waals surface area contributed by atoms with Gasteiger partial charge >= 0.3 is 0 Å². The molecule has 0 saturated carbocycles. The van der Waals surface area contributed by atoms with Crippen molar-refractivity contribution in [2.24, 2.45) is 7.05 Å². The van der Waals surface area contributed by atoms with Gasteiger partial charge in [0, 0.05) is 39.3 Å². The smallest absolute Gasteiger partial charge is 0.268 e. The van der Waals surface area contributed by atoms with Gasteiger partial charge in [-0.05, 0) is 0 Å². The van der Waals surface area contributed by atoms with Crippen molar-refractivity contribution in [2.75, 3.05) is 31.1 Å².